The molecule has 0 unspecified atom stereocenters. The zero-order valence-corrected chi connectivity index (χ0v) is 14.6. The molecule has 0 radical (unpaired) electrons. The zero-order valence-electron chi connectivity index (χ0n) is 14.6. The lowest BCUT2D eigenvalue weighted by Gasteiger charge is -2.15. The number of imidazole rings is 1. The molecule has 0 fully saturated rings. The number of nitrogens with zero attached hydrogens (tertiary/aromatic N) is 4. The fourth-order valence-electron chi connectivity index (χ4n) is 2.80. The third-order valence-corrected chi connectivity index (χ3v) is 4.25. The summed E-state index contributed by atoms with van der Waals surface area (Å²) in [7, 11) is 3.13. The lowest BCUT2D eigenvalue weighted by molar-refractivity contribution is -0.122. The third-order valence-electron chi connectivity index (χ3n) is 4.25. The monoisotopic (exact) mass is 359 g/mol. The van der Waals surface area contributed by atoms with E-state index in [2.05, 4.69) is 10.3 Å². The first-order valence-electron chi connectivity index (χ1n) is 7.95. The van der Waals surface area contributed by atoms with E-state index >= 15 is 0 Å². The van der Waals surface area contributed by atoms with Crippen molar-refractivity contribution in [3.63, 3.8) is 0 Å². The molecule has 0 aliphatic rings. The second-order valence-corrected chi connectivity index (χ2v) is 6.10. The molecule has 9 heteroatoms. The molecule has 3 rings (SSSR count). The van der Waals surface area contributed by atoms with Gasteiger partial charge in [0.1, 0.15) is 12.4 Å². The topological polar surface area (TPSA) is 90.9 Å². The summed E-state index contributed by atoms with van der Waals surface area (Å²) in [5.41, 5.74) is 0.0193. The van der Waals surface area contributed by atoms with Gasteiger partial charge >= 0.3 is 5.69 Å². The van der Waals surface area contributed by atoms with Gasteiger partial charge in [0, 0.05) is 14.1 Å². The largest absolute Gasteiger partial charge is 0.348 e. The Kier molecular flexibility index (Phi) is 4.45. The fraction of sp³-hybridized carbons (Fsp3) is 0.294. The molecule has 2 heterocycles. The van der Waals surface area contributed by atoms with Crippen molar-refractivity contribution in [1.29, 1.82) is 0 Å². The van der Waals surface area contributed by atoms with E-state index in [0.29, 0.717) is 5.56 Å². The van der Waals surface area contributed by atoms with Gasteiger partial charge < -0.3 is 9.88 Å². The van der Waals surface area contributed by atoms with Crippen LogP contribution in [-0.4, -0.2) is 24.6 Å². The summed E-state index contributed by atoms with van der Waals surface area (Å²) in [6.45, 7) is 1.31. The highest BCUT2D eigenvalue weighted by Crippen LogP contribution is 2.12. The molecular weight excluding hydrogens is 341 g/mol. The first kappa shape index (κ1) is 17.6. The lowest BCUT2D eigenvalue weighted by Crippen LogP contribution is -2.43. The molecule has 8 nitrogen and oxygen atoms in total. The summed E-state index contributed by atoms with van der Waals surface area (Å²) in [6.07, 6.45) is 1.44. The van der Waals surface area contributed by atoms with E-state index in [1.807, 2.05) is 0 Å². The minimum absolute atomic E-state index is 0.242. The van der Waals surface area contributed by atoms with Gasteiger partial charge in [-0.15, -0.1) is 0 Å². The Labute approximate surface area is 147 Å². The van der Waals surface area contributed by atoms with Crippen molar-refractivity contribution >= 4 is 17.1 Å². The van der Waals surface area contributed by atoms with E-state index in [0.717, 1.165) is 4.57 Å². The Bertz CT molecular complexity index is 1090. The summed E-state index contributed by atoms with van der Waals surface area (Å²) in [5, 5.41) is 2.70. The second-order valence-electron chi connectivity index (χ2n) is 6.10. The molecule has 136 valence electrons. The highest BCUT2D eigenvalue weighted by atomic mass is 19.1. The number of fused-ring (bicyclic) bond motifs is 1. The third kappa shape index (κ3) is 3.03. The van der Waals surface area contributed by atoms with Gasteiger partial charge in [0.25, 0.3) is 5.56 Å². The van der Waals surface area contributed by atoms with Gasteiger partial charge in [-0.25, -0.2) is 18.7 Å². The van der Waals surface area contributed by atoms with Crippen molar-refractivity contribution in [2.45, 2.75) is 19.5 Å². The summed E-state index contributed by atoms with van der Waals surface area (Å²) in [6, 6.07) is 5.33. The van der Waals surface area contributed by atoms with Gasteiger partial charge in [-0.1, -0.05) is 12.1 Å². The van der Waals surface area contributed by atoms with Crippen LogP contribution in [0.25, 0.3) is 11.2 Å². The van der Waals surface area contributed by atoms with Crippen LogP contribution in [0.4, 0.5) is 4.39 Å². The van der Waals surface area contributed by atoms with E-state index in [4.69, 9.17) is 0 Å². The first-order valence-corrected chi connectivity index (χ1v) is 7.95. The van der Waals surface area contributed by atoms with Crippen molar-refractivity contribution in [1.82, 2.24) is 24.0 Å². The normalized spacial score (nSPS) is 12.3. The summed E-state index contributed by atoms with van der Waals surface area (Å²) in [5.74, 6) is -0.866. The molecule has 0 spiro atoms. The molecular formula is C17H18FN5O3. The number of carbonyl (C=O) groups excluding carboxylic acids is 1. The van der Waals surface area contributed by atoms with Gasteiger partial charge in [-0.2, -0.15) is 0 Å². The average molecular weight is 359 g/mol. The summed E-state index contributed by atoms with van der Waals surface area (Å²) in [4.78, 5) is 41.3. The smallest absolute Gasteiger partial charge is 0.332 e. The van der Waals surface area contributed by atoms with Crippen molar-refractivity contribution in [2.24, 2.45) is 14.1 Å². The number of aryl methyl sites for hydroxylation is 2. The number of amides is 1. The van der Waals surface area contributed by atoms with Gasteiger partial charge in [-0.05, 0) is 24.6 Å². The van der Waals surface area contributed by atoms with Gasteiger partial charge in [0.2, 0.25) is 5.91 Å². The van der Waals surface area contributed by atoms with Crippen LogP contribution >= 0.6 is 0 Å². The quantitative estimate of drug-likeness (QED) is 0.732. The minimum atomic E-state index is -0.620. The lowest BCUT2D eigenvalue weighted by atomic mass is 10.1. The number of carbonyl (C=O) groups is 1. The Morgan fingerprint density at radius 1 is 1.23 bits per heavy atom. The maximum absolute atomic E-state index is 13.0. The second kappa shape index (κ2) is 6.58. The molecule has 26 heavy (non-hydrogen) atoms. The van der Waals surface area contributed by atoms with E-state index in [1.165, 1.54) is 34.6 Å². The van der Waals surface area contributed by atoms with E-state index < -0.39 is 29.7 Å². The van der Waals surface area contributed by atoms with Crippen LogP contribution in [0, 0.1) is 5.82 Å². The van der Waals surface area contributed by atoms with Crippen LogP contribution in [0.2, 0.25) is 0 Å². The number of nitrogens with one attached hydrogen (secondary N) is 1. The van der Waals surface area contributed by atoms with Gasteiger partial charge in [-0.3, -0.25) is 14.2 Å². The van der Waals surface area contributed by atoms with Crippen molar-refractivity contribution < 1.29 is 9.18 Å². The average Bonchev–Trinajstić information content (AvgIpc) is 2.99. The Morgan fingerprint density at radius 2 is 1.88 bits per heavy atom. The van der Waals surface area contributed by atoms with E-state index in [1.54, 1.807) is 26.1 Å². The molecule has 1 aromatic carbocycles. The van der Waals surface area contributed by atoms with Crippen LogP contribution in [0.15, 0.2) is 40.2 Å². The Morgan fingerprint density at radius 3 is 2.54 bits per heavy atom. The van der Waals surface area contributed by atoms with E-state index in [-0.39, 0.29) is 17.0 Å². The van der Waals surface area contributed by atoms with Crippen LogP contribution in [-0.2, 0) is 25.4 Å². The fourth-order valence-corrected chi connectivity index (χ4v) is 2.80. The molecule has 1 N–H and O–H groups in total. The molecule has 3 aromatic rings. The Balaban J connectivity index is 1.88. The molecule has 0 saturated heterocycles. The Hall–Kier alpha value is -3.23. The maximum Gasteiger partial charge on any atom is 0.332 e. The van der Waals surface area contributed by atoms with Crippen molar-refractivity contribution in [3.05, 3.63) is 62.8 Å². The summed E-state index contributed by atoms with van der Waals surface area (Å²) >= 11 is 0. The standard InChI is InChI=1S/C17H18FN5O3/c1-10(11-4-6-12(18)7-5-11)20-13(24)8-23-16(25)14-15(19-9-21(14)2)22(3)17(23)26/h4-7,9-10H,8H2,1-3H3,(H,20,24)/t10-/m1/s1. The van der Waals surface area contributed by atoms with Crippen LogP contribution in [0.3, 0.4) is 0 Å². The number of benzene rings is 1. The summed E-state index contributed by atoms with van der Waals surface area (Å²) < 4.78 is 16.6. The molecule has 2 aromatic heterocycles. The molecule has 0 aliphatic carbocycles. The molecule has 1 amide bonds. The van der Waals surface area contributed by atoms with Gasteiger partial charge in [0.15, 0.2) is 11.2 Å². The van der Waals surface area contributed by atoms with E-state index in [9.17, 15) is 18.8 Å². The molecule has 0 saturated carbocycles. The zero-order chi connectivity index (χ0) is 19.0. The van der Waals surface area contributed by atoms with Crippen LogP contribution in [0.1, 0.15) is 18.5 Å². The predicted octanol–water partition coefficient (Wildman–Crippen LogP) is 0.450. The number of rotatable bonds is 4. The highest BCUT2D eigenvalue weighted by molar-refractivity contribution is 5.77. The number of halogens is 1. The minimum Gasteiger partial charge on any atom is -0.348 e. The number of hydrogen-bond acceptors (Lipinski definition) is 4. The SMILES string of the molecule is C[C@@H](NC(=O)Cn1c(=O)c2c(ncn2C)n(C)c1=O)c1ccc(F)cc1. The first-order chi connectivity index (χ1) is 12.3. The number of hydrogen-bond donors (Lipinski definition) is 1. The van der Waals surface area contributed by atoms with Crippen LogP contribution in [0.5, 0.6) is 0 Å². The van der Waals surface area contributed by atoms with Crippen molar-refractivity contribution in [3.8, 4) is 0 Å². The van der Waals surface area contributed by atoms with Crippen LogP contribution < -0.4 is 16.6 Å². The molecule has 0 aliphatic heterocycles. The van der Waals surface area contributed by atoms with Crippen molar-refractivity contribution in [2.75, 3.05) is 0 Å². The highest BCUT2D eigenvalue weighted by Gasteiger charge is 2.18. The predicted molar refractivity (Wildman–Crippen MR) is 93.2 cm³/mol. The molecule has 1 atom stereocenters. The van der Waals surface area contributed by atoms with Gasteiger partial charge in [0.05, 0.1) is 12.4 Å². The molecule has 0 bridgehead atoms. The number of aromatic nitrogens is 4. The maximum atomic E-state index is 13.0.